The highest BCUT2D eigenvalue weighted by atomic mass is 32.2. The average molecular weight is 460 g/mol. The molecule has 0 aromatic heterocycles. The van der Waals surface area contributed by atoms with Crippen LogP contribution in [0.4, 0.5) is 0 Å². The summed E-state index contributed by atoms with van der Waals surface area (Å²) in [6, 6.07) is 7.24. The van der Waals surface area contributed by atoms with Gasteiger partial charge in [0.05, 0.1) is 28.1 Å². The van der Waals surface area contributed by atoms with Gasteiger partial charge in [0.25, 0.3) is 0 Å². The first kappa shape index (κ1) is 25.3. The largest absolute Gasteiger partial charge is 0.373 e. The third-order valence-electron chi connectivity index (χ3n) is 5.53. The second kappa shape index (κ2) is 11.1. The van der Waals surface area contributed by atoms with Crippen molar-refractivity contribution in [2.75, 3.05) is 18.8 Å². The summed E-state index contributed by atoms with van der Waals surface area (Å²) in [5.41, 5.74) is 1.02. The van der Waals surface area contributed by atoms with Crippen LogP contribution in [0.15, 0.2) is 29.2 Å². The fourth-order valence-electron chi connectivity index (χ4n) is 3.74. The molecule has 1 aromatic rings. The summed E-state index contributed by atoms with van der Waals surface area (Å²) in [7, 11) is -6.46. The van der Waals surface area contributed by atoms with Gasteiger partial charge in [0, 0.05) is 13.1 Å². The number of nitrogens with zero attached hydrogens (tertiary/aromatic N) is 1. The lowest BCUT2D eigenvalue weighted by atomic mass is 10.1. The summed E-state index contributed by atoms with van der Waals surface area (Å²) in [4.78, 5) is 0.347. The number of morpholine rings is 1. The Morgan fingerprint density at radius 3 is 2.20 bits per heavy atom. The minimum Gasteiger partial charge on any atom is -0.373 e. The predicted octanol–water partition coefficient (Wildman–Crippen LogP) is 3.80. The van der Waals surface area contributed by atoms with E-state index in [0.29, 0.717) is 24.4 Å². The van der Waals surface area contributed by atoms with Crippen molar-refractivity contribution in [2.24, 2.45) is 0 Å². The first-order valence-corrected chi connectivity index (χ1v) is 14.1. The minimum atomic E-state index is -3.52. The Kier molecular flexibility index (Phi) is 9.33. The Hall–Kier alpha value is -0.960. The van der Waals surface area contributed by atoms with E-state index in [1.54, 1.807) is 26.0 Å². The van der Waals surface area contributed by atoms with Crippen LogP contribution in [-0.4, -0.2) is 57.4 Å². The molecule has 0 radical (unpaired) electrons. The molecular weight excluding hydrogens is 422 g/mol. The summed E-state index contributed by atoms with van der Waals surface area (Å²) < 4.78 is 56.9. The smallest absolute Gasteiger partial charge is 0.243 e. The van der Waals surface area contributed by atoms with Gasteiger partial charge in [0.15, 0.2) is 9.84 Å². The van der Waals surface area contributed by atoms with Crippen LogP contribution in [-0.2, 0) is 31.0 Å². The molecule has 2 rings (SSSR count). The Labute approximate surface area is 183 Å². The van der Waals surface area contributed by atoms with Crippen molar-refractivity contribution in [3.63, 3.8) is 0 Å². The standard InChI is InChI=1S/C22H37NO5S2/c1-18(2)29(24,25)14-9-7-5-6-8-11-21-12-10-13-22(15-21)30(26,27)23-16-19(3)28-20(4)17-23/h10,12-13,15,18-20H,5-9,11,14,16-17H2,1-4H3/t19-,20+. The number of hydrogen-bond donors (Lipinski definition) is 0. The maximum Gasteiger partial charge on any atom is 0.243 e. The number of sulfone groups is 1. The van der Waals surface area contributed by atoms with E-state index in [1.165, 1.54) is 4.31 Å². The van der Waals surface area contributed by atoms with Gasteiger partial charge in [-0.3, -0.25) is 0 Å². The summed E-state index contributed by atoms with van der Waals surface area (Å²) in [6.45, 7) is 8.00. The van der Waals surface area contributed by atoms with E-state index in [2.05, 4.69) is 0 Å². The molecule has 0 amide bonds. The van der Waals surface area contributed by atoms with Crippen molar-refractivity contribution >= 4 is 19.9 Å². The Bertz CT molecular complexity index is 871. The van der Waals surface area contributed by atoms with E-state index < -0.39 is 19.9 Å². The first-order chi connectivity index (χ1) is 14.0. The summed E-state index contributed by atoms with van der Waals surface area (Å²) >= 11 is 0. The van der Waals surface area contributed by atoms with Gasteiger partial charge in [-0.15, -0.1) is 0 Å². The van der Waals surface area contributed by atoms with Gasteiger partial charge in [-0.2, -0.15) is 4.31 Å². The molecule has 0 N–H and O–H groups in total. The quantitative estimate of drug-likeness (QED) is 0.470. The topological polar surface area (TPSA) is 80.8 Å². The monoisotopic (exact) mass is 459 g/mol. The molecule has 0 bridgehead atoms. The summed E-state index contributed by atoms with van der Waals surface area (Å²) in [6.07, 6.45) is 5.20. The van der Waals surface area contributed by atoms with Gasteiger partial charge in [-0.25, -0.2) is 16.8 Å². The number of sulfonamides is 1. The van der Waals surface area contributed by atoms with Crippen molar-refractivity contribution in [2.45, 2.75) is 88.6 Å². The molecule has 1 aliphatic heterocycles. The number of benzene rings is 1. The third-order valence-corrected chi connectivity index (χ3v) is 9.66. The highest BCUT2D eigenvalue weighted by Gasteiger charge is 2.32. The van der Waals surface area contributed by atoms with Crippen molar-refractivity contribution < 1.29 is 21.6 Å². The number of unbranched alkanes of at least 4 members (excludes halogenated alkanes) is 4. The lowest BCUT2D eigenvalue weighted by Gasteiger charge is -2.34. The molecule has 0 aliphatic carbocycles. The molecule has 1 aromatic carbocycles. The maximum absolute atomic E-state index is 13.0. The van der Waals surface area contributed by atoms with E-state index in [-0.39, 0.29) is 23.2 Å². The number of ether oxygens (including phenoxy) is 1. The van der Waals surface area contributed by atoms with Gasteiger partial charge < -0.3 is 4.74 Å². The zero-order valence-corrected chi connectivity index (χ0v) is 20.3. The Morgan fingerprint density at radius 2 is 1.57 bits per heavy atom. The lowest BCUT2D eigenvalue weighted by Crippen LogP contribution is -2.48. The molecule has 6 nitrogen and oxygen atoms in total. The van der Waals surface area contributed by atoms with Crippen LogP contribution < -0.4 is 0 Å². The third kappa shape index (κ3) is 7.32. The number of aryl methyl sites for hydroxylation is 1. The van der Waals surface area contributed by atoms with Crippen LogP contribution in [0.1, 0.15) is 65.4 Å². The molecule has 172 valence electrons. The van der Waals surface area contributed by atoms with Crippen LogP contribution in [0.3, 0.4) is 0 Å². The van der Waals surface area contributed by atoms with E-state index in [0.717, 1.165) is 37.7 Å². The van der Waals surface area contributed by atoms with Crippen LogP contribution in [0.2, 0.25) is 0 Å². The molecule has 1 aliphatic rings. The van der Waals surface area contributed by atoms with E-state index in [9.17, 15) is 16.8 Å². The molecule has 8 heteroatoms. The molecule has 30 heavy (non-hydrogen) atoms. The van der Waals surface area contributed by atoms with Gasteiger partial charge in [-0.05, 0) is 64.7 Å². The summed E-state index contributed by atoms with van der Waals surface area (Å²) in [5.74, 6) is 0.267. The highest BCUT2D eigenvalue weighted by Crippen LogP contribution is 2.22. The van der Waals surface area contributed by atoms with Crippen molar-refractivity contribution in [3.8, 4) is 0 Å². The molecule has 1 heterocycles. The van der Waals surface area contributed by atoms with Crippen LogP contribution in [0.5, 0.6) is 0 Å². The van der Waals surface area contributed by atoms with Crippen LogP contribution in [0, 0.1) is 0 Å². The minimum absolute atomic E-state index is 0.109. The summed E-state index contributed by atoms with van der Waals surface area (Å²) in [5, 5.41) is -0.301. The van der Waals surface area contributed by atoms with Crippen LogP contribution in [0.25, 0.3) is 0 Å². The normalized spacial score (nSPS) is 21.2. The Balaban J connectivity index is 1.82. The first-order valence-electron chi connectivity index (χ1n) is 11.0. The zero-order chi connectivity index (χ0) is 22.4. The van der Waals surface area contributed by atoms with Gasteiger partial charge in [-0.1, -0.05) is 31.4 Å². The zero-order valence-electron chi connectivity index (χ0n) is 18.7. The van der Waals surface area contributed by atoms with Crippen molar-refractivity contribution in [3.05, 3.63) is 29.8 Å². The lowest BCUT2D eigenvalue weighted by molar-refractivity contribution is -0.0440. The maximum atomic E-state index is 13.0. The molecule has 0 unspecified atom stereocenters. The second-order valence-electron chi connectivity index (χ2n) is 8.66. The average Bonchev–Trinajstić information content (AvgIpc) is 2.66. The van der Waals surface area contributed by atoms with E-state index in [4.69, 9.17) is 4.74 Å². The number of rotatable bonds is 11. The molecule has 1 saturated heterocycles. The Morgan fingerprint density at radius 1 is 0.967 bits per heavy atom. The molecule has 1 fully saturated rings. The van der Waals surface area contributed by atoms with Crippen molar-refractivity contribution in [1.82, 2.24) is 4.31 Å². The van der Waals surface area contributed by atoms with Gasteiger partial charge in [0.1, 0.15) is 0 Å². The second-order valence-corrected chi connectivity index (χ2v) is 13.3. The van der Waals surface area contributed by atoms with Crippen LogP contribution >= 0.6 is 0 Å². The molecule has 2 atom stereocenters. The molecule has 0 spiro atoms. The van der Waals surface area contributed by atoms with E-state index >= 15 is 0 Å². The van der Waals surface area contributed by atoms with Gasteiger partial charge in [0.2, 0.25) is 10.0 Å². The number of hydrogen-bond acceptors (Lipinski definition) is 5. The van der Waals surface area contributed by atoms with E-state index in [1.807, 2.05) is 26.0 Å². The fourth-order valence-corrected chi connectivity index (χ4v) is 6.48. The highest BCUT2D eigenvalue weighted by molar-refractivity contribution is 7.91. The molecule has 0 saturated carbocycles. The SMILES string of the molecule is CC(C)S(=O)(=O)CCCCCCCc1cccc(S(=O)(=O)N2C[C@@H](C)O[C@@H](C)C2)c1. The predicted molar refractivity (Wildman–Crippen MR) is 121 cm³/mol. The van der Waals surface area contributed by atoms with Gasteiger partial charge >= 0.3 is 0 Å². The fraction of sp³-hybridized carbons (Fsp3) is 0.727. The molecular formula is C22H37NO5S2. The van der Waals surface area contributed by atoms with Crippen molar-refractivity contribution in [1.29, 1.82) is 0 Å².